The Morgan fingerprint density at radius 3 is 2.41 bits per heavy atom. The lowest BCUT2D eigenvalue weighted by Gasteiger charge is -2.62. The fourth-order valence-electron chi connectivity index (χ4n) is 9.02. The number of rotatable bonds is 14. The smallest absolute Gasteiger partial charge is 0.240 e. The molecule has 9 atom stereocenters. The summed E-state index contributed by atoms with van der Waals surface area (Å²) in [5.74, 6) is 0.766. The molecular formula is C39H58ClFN4O4. The van der Waals surface area contributed by atoms with E-state index in [9.17, 15) is 15.0 Å². The lowest BCUT2D eigenvalue weighted by Crippen LogP contribution is -2.62. The highest BCUT2D eigenvalue weighted by atomic mass is 35.5. The third-order valence-electron chi connectivity index (χ3n) is 12.0. The Bertz CT molecular complexity index is 1420. The molecule has 4 aliphatic rings. The standard InChI is InChI=1S/C39H58ClFN4O4/c1-23(2)34(21-43(7)8)44(20-29-31(40)13-10-14-32(29)41)18-26-11-9-12-27(15-26)19-45-37(36(25(4)47)35(22-46)49-45)38(48)42-33-17-28-16-30(24(33)3)39(28,5)6/h9-15,23-25,28,30,33-37,46-47H,16-22H2,1-8H3,(H,42,48)/t24-,25-,28+,30-,33-,34+,35-,36+,37-/m0/s1. The third kappa shape index (κ3) is 8.19. The molecule has 0 radical (unpaired) electrons. The first-order valence-corrected chi connectivity index (χ1v) is 18.4. The molecule has 49 heavy (non-hydrogen) atoms. The Kier molecular flexibility index (Phi) is 12.2. The number of aliphatic hydroxyl groups excluding tert-OH is 2. The molecule has 2 aromatic rings. The van der Waals surface area contributed by atoms with Gasteiger partial charge in [-0.15, -0.1) is 0 Å². The second-order valence-electron chi connectivity index (χ2n) is 16.2. The molecule has 1 amide bonds. The second-order valence-corrected chi connectivity index (χ2v) is 16.6. The average Bonchev–Trinajstić information content (AvgIpc) is 3.40. The maximum Gasteiger partial charge on any atom is 0.240 e. The molecule has 0 unspecified atom stereocenters. The molecule has 3 aliphatic carbocycles. The van der Waals surface area contributed by atoms with Crippen molar-refractivity contribution in [3.05, 3.63) is 70.0 Å². The number of halogens is 2. The van der Waals surface area contributed by atoms with Gasteiger partial charge in [0.05, 0.1) is 19.3 Å². The van der Waals surface area contributed by atoms with Crippen molar-refractivity contribution in [2.24, 2.45) is 35.0 Å². The number of hydroxylamine groups is 2. The summed E-state index contributed by atoms with van der Waals surface area (Å²) in [7, 11) is 4.09. The first-order chi connectivity index (χ1) is 23.1. The average molecular weight is 701 g/mol. The Labute approximate surface area is 297 Å². The quantitative estimate of drug-likeness (QED) is 0.232. The van der Waals surface area contributed by atoms with Crippen LogP contribution in [-0.2, 0) is 29.3 Å². The monoisotopic (exact) mass is 700 g/mol. The summed E-state index contributed by atoms with van der Waals surface area (Å²) >= 11 is 6.51. The van der Waals surface area contributed by atoms with Crippen LogP contribution in [0, 0.1) is 40.8 Å². The van der Waals surface area contributed by atoms with Crippen LogP contribution in [0.1, 0.15) is 71.1 Å². The summed E-state index contributed by atoms with van der Waals surface area (Å²) in [5.41, 5.74) is 2.76. The van der Waals surface area contributed by atoms with Crippen LogP contribution in [0.25, 0.3) is 0 Å². The van der Waals surface area contributed by atoms with Crippen LogP contribution in [0.15, 0.2) is 42.5 Å². The van der Waals surface area contributed by atoms with E-state index >= 15 is 4.39 Å². The van der Waals surface area contributed by atoms with Gasteiger partial charge in [0.2, 0.25) is 5.91 Å². The van der Waals surface area contributed by atoms with Crippen LogP contribution in [-0.4, -0.2) is 88.6 Å². The van der Waals surface area contributed by atoms with Gasteiger partial charge in [-0.25, -0.2) is 4.39 Å². The van der Waals surface area contributed by atoms with Crippen molar-refractivity contribution in [3.8, 4) is 0 Å². The van der Waals surface area contributed by atoms with Gasteiger partial charge in [0, 0.05) is 48.2 Å². The van der Waals surface area contributed by atoms with Crippen molar-refractivity contribution in [3.63, 3.8) is 0 Å². The molecule has 10 heteroatoms. The van der Waals surface area contributed by atoms with Crippen molar-refractivity contribution < 1.29 is 24.2 Å². The Morgan fingerprint density at radius 2 is 1.82 bits per heavy atom. The van der Waals surface area contributed by atoms with Gasteiger partial charge in [0.15, 0.2) is 0 Å². The van der Waals surface area contributed by atoms with Crippen LogP contribution < -0.4 is 5.32 Å². The molecule has 1 aliphatic heterocycles. The maximum atomic E-state index is 15.0. The van der Waals surface area contributed by atoms with E-state index in [0.29, 0.717) is 59.3 Å². The molecule has 0 spiro atoms. The highest BCUT2D eigenvalue weighted by Crippen LogP contribution is 2.61. The maximum absolute atomic E-state index is 15.0. The van der Waals surface area contributed by atoms with Crippen molar-refractivity contribution in [1.82, 2.24) is 20.2 Å². The summed E-state index contributed by atoms with van der Waals surface area (Å²) in [4.78, 5) is 24.8. The van der Waals surface area contributed by atoms with Crippen LogP contribution in [0.5, 0.6) is 0 Å². The first kappa shape index (κ1) is 38.1. The van der Waals surface area contributed by atoms with Gasteiger partial charge in [-0.3, -0.25) is 14.5 Å². The zero-order chi connectivity index (χ0) is 35.8. The minimum Gasteiger partial charge on any atom is -0.394 e. The largest absolute Gasteiger partial charge is 0.394 e. The number of hydrogen-bond donors (Lipinski definition) is 3. The molecule has 3 saturated carbocycles. The van der Waals surface area contributed by atoms with Crippen LogP contribution in [0.3, 0.4) is 0 Å². The van der Waals surface area contributed by atoms with E-state index < -0.39 is 24.2 Å². The summed E-state index contributed by atoms with van der Waals surface area (Å²) in [5, 5.41) is 26.5. The van der Waals surface area contributed by atoms with Gasteiger partial charge >= 0.3 is 0 Å². The van der Waals surface area contributed by atoms with Gasteiger partial charge in [-0.1, -0.05) is 76.6 Å². The summed E-state index contributed by atoms with van der Waals surface area (Å²) in [6.45, 7) is 14.7. The van der Waals surface area contributed by atoms with Crippen LogP contribution in [0.2, 0.25) is 5.02 Å². The minimum absolute atomic E-state index is 0.0716. The van der Waals surface area contributed by atoms with Gasteiger partial charge in [-0.2, -0.15) is 5.06 Å². The number of hydrogen-bond acceptors (Lipinski definition) is 7. The first-order valence-electron chi connectivity index (χ1n) is 18.0. The lowest BCUT2D eigenvalue weighted by atomic mass is 9.45. The van der Waals surface area contributed by atoms with Gasteiger partial charge < -0.3 is 20.4 Å². The molecule has 1 heterocycles. The van der Waals surface area contributed by atoms with Crippen molar-refractivity contribution in [2.75, 3.05) is 27.2 Å². The summed E-state index contributed by atoms with van der Waals surface area (Å²) in [6.07, 6.45) is 0.614. The number of fused-ring (bicyclic) bond motifs is 2. The molecule has 4 fully saturated rings. The molecule has 2 aromatic carbocycles. The number of likely N-dealkylation sites (N-methyl/N-ethyl adjacent to an activating group) is 1. The van der Waals surface area contributed by atoms with Gasteiger partial charge in [0.1, 0.15) is 18.0 Å². The Balaban J connectivity index is 1.37. The zero-order valence-corrected chi connectivity index (χ0v) is 31.3. The van der Waals surface area contributed by atoms with Crippen molar-refractivity contribution in [2.45, 2.75) is 104 Å². The van der Waals surface area contributed by atoms with E-state index in [1.54, 1.807) is 24.1 Å². The number of carbonyl (C=O) groups excluding carboxylic acids is 1. The predicted octanol–water partition coefficient (Wildman–Crippen LogP) is 5.73. The second kappa shape index (κ2) is 15.6. The highest BCUT2D eigenvalue weighted by Gasteiger charge is 2.57. The van der Waals surface area contributed by atoms with Gasteiger partial charge in [0.25, 0.3) is 0 Å². The molecule has 6 rings (SSSR count). The number of benzene rings is 2. The lowest BCUT2D eigenvalue weighted by molar-refractivity contribution is -0.183. The number of amides is 1. The van der Waals surface area contributed by atoms with E-state index in [-0.39, 0.29) is 30.4 Å². The molecule has 2 bridgehead atoms. The fourth-order valence-corrected chi connectivity index (χ4v) is 9.25. The van der Waals surface area contributed by atoms with E-state index in [1.807, 2.05) is 26.2 Å². The molecule has 3 N–H and O–H groups in total. The van der Waals surface area contributed by atoms with Crippen molar-refractivity contribution in [1.29, 1.82) is 0 Å². The van der Waals surface area contributed by atoms with E-state index in [4.69, 9.17) is 16.4 Å². The SMILES string of the molecule is CC(C)[C@@H](CN(C)C)N(Cc1cccc(CN2O[C@@H](CO)[C@@H]([C@H](C)O)[C@H]2C(=O)N[C@H]2C[C@H]3C[C@@H]([C@@H]2C)C3(C)C)c1)Cc1c(F)cccc1Cl. The normalized spacial score (nSPS) is 29.3. The molecule has 0 aromatic heterocycles. The van der Waals surface area contributed by atoms with Crippen LogP contribution in [0.4, 0.5) is 4.39 Å². The Hall–Kier alpha value is -2.11. The number of nitrogens with zero attached hydrogens (tertiary/aromatic N) is 3. The third-order valence-corrected chi connectivity index (χ3v) is 12.3. The van der Waals surface area contributed by atoms with Gasteiger partial charge in [-0.05, 0) is 86.2 Å². The summed E-state index contributed by atoms with van der Waals surface area (Å²) in [6, 6.07) is 12.4. The molecular weight excluding hydrogens is 643 g/mol. The number of aliphatic hydroxyl groups is 2. The molecule has 272 valence electrons. The minimum atomic E-state index is -0.858. The van der Waals surface area contributed by atoms with E-state index in [1.165, 1.54) is 12.5 Å². The number of nitrogens with one attached hydrogen (secondary N) is 1. The number of carbonyl (C=O) groups is 1. The van der Waals surface area contributed by atoms with Crippen LogP contribution >= 0.6 is 11.6 Å². The topological polar surface area (TPSA) is 88.5 Å². The fraction of sp³-hybridized carbons (Fsp3) is 0.667. The van der Waals surface area contributed by atoms with E-state index in [2.05, 4.69) is 61.9 Å². The highest BCUT2D eigenvalue weighted by molar-refractivity contribution is 6.31. The molecule has 1 saturated heterocycles. The predicted molar refractivity (Wildman–Crippen MR) is 192 cm³/mol. The zero-order valence-electron chi connectivity index (χ0n) is 30.6. The van der Waals surface area contributed by atoms with Crippen molar-refractivity contribution >= 4 is 17.5 Å². The van der Waals surface area contributed by atoms with E-state index in [0.717, 1.165) is 24.1 Å². The summed E-state index contributed by atoms with van der Waals surface area (Å²) < 4.78 is 15.0. The molecule has 8 nitrogen and oxygen atoms in total. The Morgan fingerprint density at radius 1 is 1.12 bits per heavy atom.